The Morgan fingerprint density at radius 3 is 2.75 bits per heavy atom. The molecule has 20 heavy (non-hydrogen) atoms. The van der Waals surface area contributed by atoms with Gasteiger partial charge in [0.1, 0.15) is 0 Å². The van der Waals surface area contributed by atoms with Crippen LogP contribution < -0.4 is 0 Å². The molecule has 0 aliphatic carbocycles. The Bertz CT molecular complexity index is 664. The Morgan fingerprint density at radius 2 is 2.05 bits per heavy atom. The Hall–Kier alpha value is -2.47. The van der Waals surface area contributed by atoms with Crippen molar-refractivity contribution in [1.82, 2.24) is 20.1 Å². The Labute approximate surface area is 115 Å². The quantitative estimate of drug-likeness (QED) is 0.759. The first kappa shape index (κ1) is 12.6. The van der Waals surface area contributed by atoms with Gasteiger partial charge in [-0.2, -0.15) is 4.98 Å². The normalized spacial score (nSPS) is 14.1. The molecule has 2 unspecified atom stereocenters. The molecule has 0 spiro atoms. The van der Waals surface area contributed by atoms with Gasteiger partial charge in [-0.05, 0) is 5.56 Å². The summed E-state index contributed by atoms with van der Waals surface area (Å²) in [6, 6.07) is 9.40. The van der Waals surface area contributed by atoms with Crippen LogP contribution >= 0.6 is 0 Å². The van der Waals surface area contributed by atoms with Crippen LogP contribution in [-0.2, 0) is 0 Å². The SMILES string of the molecule is CC(c1nc(-c2ncc[nH]2)no1)C(O)c1ccccc1. The summed E-state index contributed by atoms with van der Waals surface area (Å²) in [6.07, 6.45) is 2.61. The van der Waals surface area contributed by atoms with Crippen LogP contribution in [0, 0.1) is 0 Å². The number of aliphatic hydroxyl groups is 1. The number of nitrogens with zero attached hydrogens (tertiary/aromatic N) is 3. The molecular weight excluding hydrogens is 256 g/mol. The van der Waals surface area contributed by atoms with E-state index in [9.17, 15) is 5.11 Å². The van der Waals surface area contributed by atoms with Crippen molar-refractivity contribution in [1.29, 1.82) is 0 Å². The van der Waals surface area contributed by atoms with Crippen molar-refractivity contribution in [2.24, 2.45) is 0 Å². The highest BCUT2D eigenvalue weighted by molar-refractivity contribution is 5.41. The lowest BCUT2D eigenvalue weighted by atomic mass is 9.97. The van der Waals surface area contributed by atoms with Crippen LogP contribution in [0.15, 0.2) is 47.2 Å². The minimum absolute atomic E-state index is 0.298. The molecule has 6 nitrogen and oxygen atoms in total. The molecule has 0 saturated heterocycles. The first-order chi connectivity index (χ1) is 9.75. The highest BCUT2D eigenvalue weighted by atomic mass is 16.5. The Morgan fingerprint density at radius 1 is 1.25 bits per heavy atom. The van der Waals surface area contributed by atoms with Gasteiger partial charge in [0.25, 0.3) is 0 Å². The summed E-state index contributed by atoms with van der Waals surface area (Å²) in [5, 5.41) is 14.2. The standard InChI is InChI=1S/C14H14N4O2/c1-9(11(19)10-5-3-2-4-6-10)14-17-13(18-20-14)12-15-7-8-16-12/h2-9,11,19H,1H3,(H,15,16). The molecule has 0 aliphatic heterocycles. The van der Waals surface area contributed by atoms with Gasteiger partial charge in [-0.1, -0.05) is 42.4 Å². The molecular formula is C14H14N4O2. The van der Waals surface area contributed by atoms with Crippen molar-refractivity contribution in [3.05, 3.63) is 54.2 Å². The molecule has 0 aliphatic rings. The molecule has 3 aromatic rings. The molecule has 0 saturated carbocycles. The lowest BCUT2D eigenvalue weighted by Crippen LogP contribution is -2.08. The van der Waals surface area contributed by atoms with Gasteiger partial charge in [0.15, 0.2) is 5.82 Å². The van der Waals surface area contributed by atoms with Gasteiger partial charge in [0.2, 0.25) is 11.7 Å². The van der Waals surface area contributed by atoms with Crippen LogP contribution in [0.1, 0.15) is 30.4 Å². The number of hydrogen-bond acceptors (Lipinski definition) is 5. The first-order valence-corrected chi connectivity index (χ1v) is 6.32. The van der Waals surface area contributed by atoms with Gasteiger partial charge >= 0.3 is 0 Å². The van der Waals surface area contributed by atoms with Crippen molar-refractivity contribution in [3.8, 4) is 11.6 Å². The molecule has 2 aromatic heterocycles. The third kappa shape index (κ3) is 2.33. The summed E-state index contributed by atoms with van der Waals surface area (Å²) < 4.78 is 5.21. The van der Waals surface area contributed by atoms with E-state index in [1.54, 1.807) is 12.4 Å². The van der Waals surface area contributed by atoms with Gasteiger partial charge in [-0.25, -0.2) is 4.98 Å². The predicted molar refractivity (Wildman–Crippen MR) is 71.7 cm³/mol. The van der Waals surface area contributed by atoms with Crippen LogP contribution in [0.3, 0.4) is 0 Å². The maximum Gasteiger partial charge on any atom is 0.238 e. The average molecular weight is 270 g/mol. The number of aromatic amines is 1. The minimum atomic E-state index is -0.693. The van der Waals surface area contributed by atoms with Gasteiger partial charge < -0.3 is 14.6 Å². The molecule has 1 aromatic carbocycles. The van der Waals surface area contributed by atoms with Crippen LogP contribution in [0.5, 0.6) is 0 Å². The van der Waals surface area contributed by atoms with Gasteiger partial charge in [0, 0.05) is 12.4 Å². The summed E-state index contributed by atoms with van der Waals surface area (Å²) in [4.78, 5) is 11.2. The second-order valence-corrected chi connectivity index (χ2v) is 4.54. The van der Waals surface area contributed by atoms with E-state index in [2.05, 4.69) is 20.1 Å². The van der Waals surface area contributed by atoms with Crippen LogP contribution in [0.4, 0.5) is 0 Å². The summed E-state index contributed by atoms with van der Waals surface area (Å²) in [7, 11) is 0. The van der Waals surface area contributed by atoms with E-state index in [0.29, 0.717) is 17.5 Å². The molecule has 3 rings (SSSR count). The topological polar surface area (TPSA) is 87.8 Å². The number of rotatable bonds is 4. The maximum atomic E-state index is 10.3. The molecule has 0 fully saturated rings. The van der Waals surface area contributed by atoms with E-state index in [0.717, 1.165) is 5.56 Å². The van der Waals surface area contributed by atoms with Gasteiger partial charge in [-0.3, -0.25) is 0 Å². The van der Waals surface area contributed by atoms with Crippen molar-refractivity contribution < 1.29 is 9.63 Å². The Balaban J connectivity index is 1.82. The third-order valence-corrected chi connectivity index (χ3v) is 3.16. The highest BCUT2D eigenvalue weighted by Crippen LogP contribution is 2.29. The number of hydrogen-bond donors (Lipinski definition) is 2. The predicted octanol–water partition coefficient (Wildman–Crippen LogP) is 2.30. The van der Waals surface area contributed by atoms with E-state index < -0.39 is 6.10 Å². The number of nitrogens with one attached hydrogen (secondary N) is 1. The number of imidazole rings is 1. The van der Waals surface area contributed by atoms with E-state index >= 15 is 0 Å². The molecule has 2 heterocycles. The molecule has 2 atom stereocenters. The van der Waals surface area contributed by atoms with Gasteiger partial charge in [0.05, 0.1) is 12.0 Å². The van der Waals surface area contributed by atoms with Crippen LogP contribution in [0.2, 0.25) is 0 Å². The molecule has 0 radical (unpaired) electrons. The number of aromatic nitrogens is 4. The smallest absolute Gasteiger partial charge is 0.238 e. The Kier molecular flexibility index (Phi) is 3.30. The number of H-pyrrole nitrogens is 1. The molecule has 0 amide bonds. The fourth-order valence-electron chi connectivity index (χ4n) is 1.98. The third-order valence-electron chi connectivity index (χ3n) is 3.16. The molecule has 102 valence electrons. The largest absolute Gasteiger partial charge is 0.388 e. The second kappa shape index (κ2) is 5.26. The number of benzene rings is 1. The van der Waals surface area contributed by atoms with Crippen molar-refractivity contribution >= 4 is 0 Å². The number of aliphatic hydroxyl groups excluding tert-OH is 1. The molecule has 6 heteroatoms. The lowest BCUT2D eigenvalue weighted by Gasteiger charge is -2.15. The monoisotopic (exact) mass is 270 g/mol. The van der Waals surface area contributed by atoms with Crippen molar-refractivity contribution in [3.63, 3.8) is 0 Å². The van der Waals surface area contributed by atoms with Gasteiger partial charge in [-0.15, -0.1) is 0 Å². The minimum Gasteiger partial charge on any atom is -0.388 e. The summed E-state index contributed by atoms with van der Waals surface area (Å²) in [6.45, 7) is 1.84. The summed E-state index contributed by atoms with van der Waals surface area (Å²) in [5.41, 5.74) is 0.817. The van der Waals surface area contributed by atoms with Crippen LogP contribution in [-0.4, -0.2) is 25.2 Å². The summed E-state index contributed by atoms with van der Waals surface area (Å²) >= 11 is 0. The van der Waals surface area contributed by atoms with Crippen LogP contribution in [0.25, 0.3) is 11.6 Å². The fourth-order valence-corrected chi connectivity index (χ4v) is 1.98. The van der Waals surface area contributed by atoms with E-state index in [1.807, 2.05) is 37.3 Å². The first-order valence-electron chi connectivity index (χ1n) is 6.32. The van der Waals surface area contributed by atoms with E-state index in [-0.39, 0.29) is 5.92 Å². The zero-order chi connectivity index (χ0) is 13.9. The molecule has 0 bridgehead atoms. The molecule has 2 N–H and O–H groups in total. The maximum absolute atomic E-state index is 10.3. The van der Waals surface area contributed by atoms with Crippen molar-refractivity contribution in [2.75, 3.05) is 0 Å². The van der Waals surface area contributed by atoms with E-state index in [1.165, 1.54) is 0 Å². The second-order valence-electron chi connectivity index (χ2n) is 4.54. The lowest BCUT2D eigenvalue weighted by molar-refractivity contribution is 0.135. The summed E-state index contributed by atoms with van der Waals surface area (Å²) in [5.74, 6) is 1.01. The fraction of sp³-hybridized carbons (Fsp3) is 0.214. The average Bonchev–Trinajstić information content (AvgIpc) is 3.17. The zero-order valence-corrected chi connectivity index (χ0v) is 10.9. The van der Waals surface area contributed by atoms with E-state index in [4.69, 9.17) is 4.52 Å². The zero-order valence-electron chi connectivity index (χ0n) is 10.9. The highest BCUT2D eigenvalue weighted by Gasteiger charge is 2.24. The van der Waals surface area contributed by atoms with Crippen molar-refractivity contribution in [2.45, 2.75) is 18.9 Å².